The topological polar surface area (TPSA) is 84.3 Å². The Morgan fingerprint density at radius 2 is 1.94 bits per heavy atom. The SMILES string of the molecule is Cc1ncc(-c2cc(O[C@@H](C)C(F)(F)F)c(C(=O)Nc3c(F)cccc3Cl)cc2F)nc1CO. The van der Waals surface area contributed by atoms with E-state index in [0.717, 1.165) is 18.3 Å². The first-order chi connectivity index (χ1) is 15.9. The Labute approximate surface area is 195 Å². The van der Waals surface area contributed by atoms with Crippen molar-refractivity contribution in [1.82, 2.24) is 9.97 Å². The summed E-state index contributed by atoms with van der Waals surface area (Å²) in [5, 5.41) is 11.3. The van der Waals surface area contributed by atoms with E-state index in [9.17, 15) is 31.9 Å². The summed E-state index contributed by atoms with van der Waals surface area (Å²) >= 11 is 5.88. The maximum Gasteiger partial charge on any atom is 0.425 e. The van der Waals surface area contributed by atoms with Crippen molar-refractivity contribution in [1.29, 1.82) is 0 Å². The molecule has 1 amide bonds. The Kier molecular flexibility index (Phi) is 7.37. The molecule has 1 atom stereocenters. The number of amides is 1. The molecule has 3 aromatic rings. The lowest BCUT2D eigenvalue weighted by molar-refractivity contribution is -0.189. The Bertz CT molecular complexity index is 1220. The summed E-state index contributed by atoms with van der Waals surface area (Å²) in [5.74, 6) is -3.75. The fourth-order valence-corrected chi connectivity index (χ4v) is 3.06. The molecule has 0 bridgehead atoms. The summed E-state index contributed by atoms with van der Waals surface area (Å²) in [6, 6.07) is 5.06. The number of nitrogens with one attached hydrogen (secondary N) is 1. The zero-order chi connectivity index (χ0) is 25.2. The minimum atomic E-state index is -4.80. The number of aryl methyl sites for hydroxylation is 1. The van der Waals surface area contributed by atoms with Gasteiger partial charge in [0.05, 0.1) is 46.2 Å². The largest absolute Gasteiger partial charge is 0.480 e. The van der Waals surface area contributed by atoms with Crippen LogP contribution < -0.4 is 10.1 Å². The molecule has 6 nitrogen and oxygen atoms in total. The molecule has 2 N–H and O–H groups in total. The van der Waals surface area contributed by atoms with E-state index >= 15 is 0 Å². The van der Waals surface area contributed by atoms with Gasteiger partial charge in [0.2, 0.25) is 0 Å². The average molecular weight is 502 g/mol. The first kappa shape index (κ1) is 25.3. The van der Waals surface area contributed by atoms with Crippen molar-refractivity contribution >= 4 is 23.2 Å². The molecule has 0 radical (unpaired) electrons. The van der Waals surface area contributed by atoms with Gasteiger partial charge in [-0.25, -0.2) is 13.8 Å². The van der Waals surface area contributed by atoms with Crippen molar-refractivity contribution in [3.63, 3.8) is 0 Å². The lowest BCUT2D eigenvalue weighted by Gasteiger charge is -2.21. The third-order valence-electron chi connectivity index (χ3n) is 4.76. The van der Waals surface area contributed by atoms with Crippen LogP contribution in [0.3, 0.4) is 0 Å². The van der Waals surface area contributed by atoms with E-state index in [1.54, 1.807) is 6.92 Å². The Balaban J connectivity index is 2.11. The monoisotopic (exact) mass is 501 g/mol. The zero-order valence-electron chi connectivity index (χ0n) is 17.7. The number of para-hydroxylation sites is 1. The van der Waals surface area contributed by atoms with E-state index in [4.69, 9.17) is 16.3 Å². The van der Waals surface area contributed by atoms with Crippen LogP contribution in [0.25, 0.3) is 11.3 Å². The molecule has 34 heavy (non-hydrogen) atoms. The number of rotatable bonds is 6. The summed E-state index contributed by atoms with van der Waals surface area (Å²) in [7, 11) is 0. The van der Waals surface area contributed by atoms with E-state index in [1.807, 2.05) is 0 Å². The highest BCUT2D eigenvalue weighted by atomic mass is 35.5. The molecule has 0 saturated heterocycles. The highest BCUT2D eigenvalue weighted by Crippen LogP contribution is 2.34. The van der Waals surface area contributed by atoms with Crippen molar-refractivity contribution in [2.75, 3.05) is 5.32 Å². The number of halogens is 6. The van der Waals surface area contributed by atoms with E-state index in [-0.39, 0.29) is 22.0 Å². The first-order valence-corrected chi connectivity index (χ1v) is 10.1. The van der Waals surface area contributed by atoms with Crippen LogP contribution in [0.4, 0.5) is 27.6 Å². The van der Waals surface area contributed by atoms with Gasteiger partial charge in [0.1, 0.15) is 17.4 Å². The van der Waals surface area contributed by atoms with E-state index in [0.29, 0.717) is 18.7 Å². The quantitative estimate of drug-likeness (QED) is 0.438. The van der Waals surface area contributed by atoms with Crippen LogP contribution in [-0.4, -0.2) is 33.3 Å². The number of carbonyl (C=O) groups excluding carboxylic acids is 1. The smallest absolute Gasteiger partial charge is 0.425 e. The molecule has 2 aromatic carbocycles. The van der Waals surface area contributed by atoms with Gasteiger partial charge in [-0.2, -0.15) is 13.2 Å². The fourth-order valence-electron chi connectivity index (χ4n) is 2.85. The maximum absolute atomic E-state index is 15.0. The standard InChI is InChI=1S/C22H17ClF5N3O3/c1-10-18(9-32)30-17(8-29-10)12-7-19(34-11(2)22(26,27)28)13(6-16(12)25)21(33)31-20-14(23)4-3-5-15(20)24/h3-8,11,32H,9H2,1-2H3,(H,31,33)/t11-/m0/s1. The Morgan fingerprint density at radius 1 is 1.24 bits per heavy atom. The Hall–Kier alpha value is -3.31. The molecule has 0 saturated carbocycles. The van der Waals surface area contributed by atoms with Gasteiger partial charge < -0.3 is 15.2 Å². The molecule has 0 aliphatic rings. The number of nitrogens with zero attached hydrogens (tertiary/aromatic N) is 2. The number of benzene rings is 2. The number of aromatic nitrogens is 2. The molecule has 0 aliphatic carbocycles. The van der Waals surface area contributed by atoms with Gasteiger partial charge in [-0.3, -0.25) is 9.78 Å². The van der Waals surface area contributed by atoms with Crippen LogP contribution in [0, 0.1) is 18.6 Å². The van der Waals surface area contributed by atoms with Gasteiger partial charge in [-0.05, 0) is 38.1 Å². The van der Waals surface area contributed by atoms with Crippen molar-refractivity contribution in [2.45, 2.75) is 32.7 Å². The van der Waals surface area contributed by atoms with Crippen molar-refractivity contribution in [3.8, 4) is 17.0 Å². The summed E-state index contributed by atoms with van der Waals surface area (Å²) in [4.78, 5) is 20.8. The number of carbonyl (C=O) groups is 1. The maximum atomic E-state index is 15.0. The summed E-state index contributed by atoms with van der Waals surface area (Å²) in [5.41, 5.74) is -1.02. The van der Waals surface area contributed by atoms with Crippen LogP contribution in [0.2, 0.25) is 5.02 Å². The molecular weight excluding hydrogens is 485 g/mol. The normalized spacial score (nSPS) is 12.4. The van der Waals surface area contributed by atoms with Crippen molar-refractivity contribution < 1.29 is 36.6 Å². The summed E-state index contributed by atoms with van der Waals surface area (Å²) < 4.78 is 73.5. The number of anilines is 1. The molecule has 180 valence electrons. The third-order valence-corrected chi connectivity index (χ3v) is 5.07. The molecule has 1 aromatic heterocycles. The predicted octanol–water partition coefficient (Wildman–Crippen LogP) is 5.46. The second kappa shape index (κ2) is 9.90. The molecule has 0 fully saturated rings. The van der Waals surface area contributed by atoms with Gasteiger partial charge in [0.15, 0.2) is 6.10 Å². The van der Waals surface area contributed by atoms with E-state index in [1.165, 1.54) is 12.1 Å². The number of hydrogen-bond donors (Lipinski definition) is 2. The fraction of sp³-hybridized carbons (Fsp3) is 0.227. The van der Waals surface area contributed by atoms with Crippen molar-refractivity contribution in [2.24, 2.45) is 0 Å². The minimum absolute atomic E-state index is 0.110. The molecular formula is C22H17ClF5N3O3. The molecule has 0 spiro atoms. The highest BCUT2D eigenvalue weighted by molar-refractivity contribution is 6.34. The van der Waals surface area contributed by atoms with Crippen LogP contribution in [0.1, 0.15) is 28.7 Å². The first-order valence-electron chi connectivity index (χ1n) is 9.68. The predicted molar refractivity (Wildman–Crippen MR) is 114 cm³/mol. The lowest BCUT2D eigenvalue weighted by Crippen LogP contribution is -2.32. The van der Waals surface area contributed by atoms with Crippen molar-refractivity contribution in [3.05, 3.63) is 70.1 Å². The second-order valence-corrected chi connectivity index (χ2v) is 7.53. The number of alkyl halides is 3. The zero-order valence-corrected chi connectivity index (χ0v) is 18.4. The number of ether oxygens (including phenoxy) is 1. The van der Waals surface area contributed by atoms with E-state index in [2.05, 4.69) is 15.3 Å². The van der Waals surface area contributed by atoms with Crippen LogP contribution in [0.15, 0.2) is 36.5 Å². The van der Waals surface area contributed by atoms with Crippen LogP contribution in [-0.2, 0) is 6.61 Å². The minimum Gasteiger partial charge on any atom is -0.480 e. The van der Waals surface area contributed by atoms with Crippen LogP contribution in [0.5, 0.6) is 5.75 Å². The van der Waals surface area contributed by atoms with Gasteiger partial charge in [-0.1, -0.05) is 17.7 Å². The lowest BCUT2D eigenvalue weighted by atomic mass is 10.1. The van der Waals surface area contributed by atoms with E-state index < -0.39 is 53.4 Å². The summed E-state index contributed by atoms with van der Waals surface area (Å²) in [6.45, 7) is 1.75. The van der Waals surface area contributed by atoms with Gasteiger partial charge in [-0.15, -0.1) is 0 Å². The summed E-state index contributed by atoms with van der Waals surface area (Å²) in [6.07, 6.45) is -6.01. The second-order valence-electron chi connectivity index (χ2n) is 7.13. The number of hydrogen-bond acceptors (Lipinski definition) is 5. The number of aliphatic hydroxyl groups excluding tert-OH is 1. The van der Waals surface area contributed by atoms with Gasteiger partial charge in [0.25, 0.3) is 5.91 Å². The molecule has 3 rings (SSSR count). The molecule has 0 aliphatic heterocycles. The molecule has 12 heteroatoms. The number of aliphatic hydroxyl groups is 1. The van der Waals surface area contributed by atoms with Crippen LogP contribution >= 0.6 is 11.6 Å². The average Bonchev–Trinajstić information content (AvgIpc) is 2.77. The van der Waals surface area contributed by atoms with Gasteiger partial charge >= 0.3 is 6.18 Å². The Morgan fingerprint density at radius 3 is 2.56 bits per heavy atom. The molecule has 1 heterocycles. The third kappa shape index (κ3) is 5.42. The molecule has 0 unspecified atom stereocenters. The highest BCUT2D eigenvalue weighted by Gasteiger charge is 2.39. The van der Waals surface area contributed by atoms with Gasteiger partial charge in [0, 0.05) is 5.56 Å².